The summed E-state index contributed by atoms with van der Waals surface area (Å²) in [6.07, 6.45) is -4.85. The molecule has 1 amide bonds. The van der Waals surface area contributed by atoms with Gasteiger partial charge in [-0.3, -0.25) is 9.69 Å². The van der Waals surface area contributed by atoms with Gasteiger partial charge < -0.3 is 9.80 Å². The summed E-state index contributed by atoms with van der Waals surface area (Å²) in [4.78, 5) is 22.9. The van der Waals surface area contributed by atoms with Gasteiger partial charge in [0.1, 0.15) is 5.82 Å². The summed E-state index contributed by atoms with van der Waals surface area (Å²) in [6, 6.07) is 6.34. The Hall–Kier alpha value is -2.79. The molecule has 5 rings (SSSR count). The van der Waals surface area contributed by atoms with Gasteiger partial charge in [-0.05, 0) is 60.1 Å². The highest BCUT2D eigenvalue weighted by atomic mass is 35.5. The van der Waals surface area contributed by atoms with Crippen LogP contribution < -0.4 is 4.90 Å². The largest absolute Gasteiger partial charge is 0.417 e. The first kappa shape index (κ1) is 27.8. The van der Waals surface area contributed by atoms with Crippen LogP contribution in [0.5, 0.6) is 0 Å². The van der Waals surface area contributed by atoms with Crippen molar-refractivity contribution in [3.8, 4) is 0 Å². The molecule has 3 aliphatic rings. The molecule has 12 heteroatoms. The van der Waals surface area contributed by atoms with Gasteiger partial charge in [-0.1, -0.05) is 23.7 Å². The van der Waals surface area contributed by atoms with Crippen LogP contribution in [0, 0.1) is 11.8 Å². The Balaban J connectivity index is 1.15. The predicted octanol–water partition coefficient (Wildman–Crippen LogP) is 5.85. The fraction of sp³-hybridized carbons (Fsp3) is 0.481. The van der Waals surface area contributed by atoms with E-state index in [-0.39, 0.29) is 29.3 Å². The average molecular weight is 573 g/mol. The van der Waals surface area contributed by atoms with Crippen molar-refractivity contribution in [1.29, 1.82) is 0 Å². The molecule has 0 saturated carbocycles. The van der Waals surface area contributed by atoms with Crippen LogP contribution in [0.25, 0.3) is 5.57 Å². The molecule has 2 saturated heterocycles. The Morgan fingerprint density at radius 1 is 0.974 bits per heavy atom. The van der Waals surface area contributed by atoms with E-state index >= 15 is 0 Å². The molecule has 1 aromatic carbocycles. The second-order valence-electron chi connectivity index (χ2n) is 10.5. The fourth-order valence-electron chi connectivity index (χ4n) is 5.84. The van der Waals surface area contributed by atoms with E-state index in [4.69, 9.17) is 11.6 Å². The van der Waals surface area contributed by atoms with Gasteiger partial charge in [-0.25, -0.2) is 4.98 Å². The lowest BCUT2D eigenvalue weighted by molar-refractivity contribution is -0.138. The highest BCUT2D eigenvalue weighted by Crippen LogP contribution is 2.37. The molecule has 2 unspecified atom stereocenters. The molecule has 0 N–H and O–H groups in total. The Kier molecular flexibility index (Phi) is 7.58. The number of halogens is 7. The molecule has 4 heterocycles. The van der Waals surface area contributed by atoms with E-state index in [2.05, 4.69) is 9.88 Å². The normalized spacial score (nSPS) is 22.6. The van der Waals surface area contributed by atoms with E-state index < -0.39 is 23.5 Å². The highest BCUT2D eigenvalue weighted by molar-refractivity contribution is 6.31. The number of hydrogen-bond acceptors (Lipinski definition) is 4. The number of rotatable bonds is 4. The van der Waals surface area contributed by atoms with Crippen molar-refractivity contribution < 1.29 is 31.1 Å². The molecule has 3 aliphatic heterocycles. The molecule has 0 aliphatic carbocycles. The Morgan fingerprint density at radius 2 is 1.69 bits per heavy atom. The molecule has 2 fully saturated rings. The lowest BCUT2D eigenvalue weighted by Crippen LogP contribution is -2.55. The average Bonchev–Trinajstić information content (AvgIpc) is 2.87. The minimum absolute atomic E-state index is 0.0291. The van der Waals surface area contributed by atoms with Crippen LogP contribution in [0.4, 0.5) is 32.2 Å². The molecule has 2 atom stereocenters. The SMILES string of the molecule is O=C(CN1CC2CC(C1)CN(c1ccc(C(F)(F)F)cn1)C2)N1CC=C(c2ccc(Cl)c(C(F)(F)F)c2)CC1. The van der Waals surface area contributed by atoms with Crippen molar-refractivity contribution in [2.45, 2.75) is 25.2 Å². The van der Waals surface area contributed by atoms with Gasteiger partial charge in [-0.2, -0.15) is 26.3 Å². The number of carbonyl (C=O) groups is 1. The molecule has 2 bridgehead atoms. The minimum atomic E-state index is -4.54. The number of pyridine rings is 1. The maximum atomic E-state index is 13.2. The van der Waals surface area contributed by atoms with Gasteiger partial charge in [0, 0.05) is 45.5 Å². The van der Waals surface area contributed by atoms with Crippen LogP contribution in [0.1, 0.15) is 29.5 Å². The molecule has 1 aromatic heterocycles. The van der Waals surface area contributed by atoms with Crippen LogP contribution in [0.15, 0.2) is 42.6 Å². The van der Waals surface area contributed by atoms with Crippen LogP contribution in [0.2, 0.25) is 5.02 Å². The lowest BCUT2D eigenvalue weighted by Gasteiger charge is -2.46. The van der Waals surface area contributed by atoms with Crippen molar-refractivity contribution in [3.05, 3.63) is 64.3 Å². The number of piperidine rings is 2. The van der Waals surface area contributed by atoms with E-state index in [1.54, 1.807) is 17.0 Å². The van der Waals surface area contributed by atoms with Crippen molar-refractivity contribution in [3.63, 3.8) is 0 Å². The van der Waals surface area contributed by atoms with Crippen molar-refractivity contribution in [2.24, 2.45) is 11.8 Å². The van der Waals surface area contributed by atoms with Crippen LogP contribution in [0.3, 0.4) is 0 Å². The third-order valence-corrected chi connectivity index (χ3v) is 7.95. The molecule has 39 heavy (non-hydrogen) atoms. The topological polar surface area (TPSA) is 39.7 Å². The number of amides is 1. The first-order valence-electron chi connectivity index (χ1n) is 12.7. The summed E-state index contributed by atoms with van der Waals surface area (Å²) in [5.74, 6) is 1.05. The first-order valence-corrected chi connectivity index (χ1v) is 13.1. The zero-order valence-corrected chi connectivity index (χ0v) is 21.7. The van der Waals surface area contributed by atoms with Gasteiger partial charge in [-0.15, -0.1) is 0 Å². The molecule has 5 nitrogen and oxygen atoms in total. The summed E-state index contributed by atoms with van der Waals surface area (Å²) in [5.41, 5.74) is -0.433. The second-order valence-corrected chi connectivity index (χ2v) is 10.9. The second kappa shape index (κ2) is 10.6. The Bertz CT molecular complexity index is 1230. The zero-order chi connectivity index (χ0) is 27.9. The maximum absolute atomic E-state index is 13.2. The van der Waals surface area contributed by atoms with E-state index in [0.29, 0.717) is 57.1 Å². The lowest BCUT2D eigenvalue weighted by atomic mass is 9.84. The number of anilines is 1. The number of hydrogen-bond donors (Lipinski definition) is 0. The quantitative estimate of drug-likeness (QED) is 0.431. The van der Waals surface area contributed by atoms with Crippen molar-refractivity contribution >= 4 is 28.9 Å². The van der Waals surface area contributed by atoms with Crippen LogP contribution >= 0.6 is 11.6 Å². The van der Waals surface area contributed by atoms with Gasteiger partial charge in [0.15, 0.2) is 0 Å². The van der Waals surface area contributed by atoms with E-state index in [0.717, 1.165) is 30.3 Å². The maximum Gasteiger partial charge on any atom is 0.417 e. The summed E-state index contributed by atoms with van der Waals surface area (Å²) < 4.78 is 78.3. The molecular weight excluding hydrogens is 546 g/mol. The van der Waals surface area contributed by atoms with Gasteiger partial charge in [0.05, 0.1) is 22.7 Å². The number of nitrogens with zero attached hydrogens (tertiary/aromatic N) is 4. The third-order valence-electron chi connectivity index (χ3n) is 7.62. The number of fused-ring (bicyclic) bond motifs is 2. The number of likely N-dealkylation sites (tertiary alicyclic amines) is 1. The predicted molar refractivity (Wildman–Crippen MR) is 135 cm³/mol. The summed E-state index contributed by atoms with van der Waals surface area (Å²) in [5, 5.41) is -0.343. The number of carbonyl (C=O) groups excluding carboxylic acids is 1. The Labute approximate surface area is 227 Å². The summed E-state index contributed by atoms with van der Waals surface area (Å²) >= 11 is 5.73. The molecule has 0 spiro atoms. The van der Waals surface area contributed by atoms with Crippen molar-refractivity contribution in [1.82, 2.24) is 14.8 Å². The monoisotopic (exact) mass is 572 g/mol. The zero-order valence-electron chi connectivity index (χ0n) is 20.9. The fourth-order valence-corrected chi connectivity index (χ4v) is 6.06. The number of aromatic nitrogens is 1. The van der Waals surface area contributed by atoms with Crippen LogP contribution in [-0.2, 0) is 17.1 Å². The van der Waals surface area contributed by atoms with E-state index in [9.17, 15) is 31.1 Å². The number of alkyl halides is 6. The molecular formula is C27H27ClF6N4O. The highest BCUT2D eigenvalue weighted by Gasteiger charge is 2.37. The standard InChI is InChI=1S/C27H27ClF6N4O/c28-23-3-1-20(10-22(23)27(32,33)34)19-5-7-37(8-6-19)25(39)16-36-12-17-9-18(13-36)15-38(14-17)24-4-2-21(11-35-24)26(29,30)31/h1-5,10-11,17-18H,6-9,12-16H2. The molecule has 0 radical (unpaired) electrons. The van der Waals surface area contributed by atoms with Gasteiger partial charge >= 0.3 is 12.4 Å². The minimum Gasteiger partial charge on any atom is -0.356 e. The number of benzene rings is 1. The van der Waals surface area contributed by atoms with Crippen LogP contribution in [-0.4, -0.2) is 66.5 Å². The summed E-state index contributed by atoms with van der Waals surface area (Å²) in [6.45, 7) is 3.74. The van der Waals surface area contributed by atoms with E-state index in [1.165, 1.54) is 12.1 Å². The first-order chi connectivity index (χ1) is 18.4. The van der Waals surface area contributed by atoms with Gasteiger partial charge in [0.2, 0.25) is 5.91 Å². The van der Waals surface area contributed by atoms with Crippen molar-refractivity contribution in [2.75, 3.05) is 50.7 Å². The molecule has 2 aromatic rings. The summed E-state index contributed by atoms with van der Waals surface area (Å²) in [7, 11) is 0. The molecule has 210 valence electrons. The van der Waals surface area contributed by atoms with E-state index in [1.807, 2.05) is 4.90 Å². The smallest absolute Gasteiger partial charge is 0.356 e. The Morgan fingerprint density at radius 3 is 2.26 bits per heavy atom. The van der Waals surface area contributed by atoms with Gasteiger partial charge in [0.25, 0.3) is 0 Å². The third kappa shape index (κ3) is 6.35.